The van der Waals surface area contributed by atoms with Crippen LogP contribution in [0.2, 0.25) is 0 Å². The van der Waals surface area contributed by atoms with Gasteiger partial charge in [0.25, 0.3) is 5.56 Å². The molecule has 106 valence electrons. The average molecular weight is 262 g/mol. The van der Waals surface area contributed by atoms with Gasteiger partial charge in [0, 0.05) is 24.3 Å². The van der Waals surface area contributed by atoms with Crippen LogP contribution in [0.15, 0.2) is 16.9 Å². The van der Waals surface area contributed by atoms with E-state index in [2.05, 4.69) is 26.1 Å². The number of fused-ring (bicyclic) bond motifs is 1. The van der Waals surface area contributed by atoms with E-state index in [0.717, 1.165) is 32.4 Å². The second kappa shape index (κ2) is 6.38. The first-order valence-electron chi connectivity index (χ1n) is 7.62. The van der Waals surface area contributed by atoms with Crippen LogP contribution in [0, 0.1) is 5.92 Å². The van der Waals surface area contributed by atoms with Crippen LogP contribution in [0.25, 0.3) is 0 Å². The number of hydrogen-bond donors (Lipinski definition) is 1. The van der Waals surface area contributed by atoms with Crippen molar-refractivity contribution in [2.75, 3.05) is 6.54 Å². The predicted octanol–water partition coefficient (Wildman–Crippen LogP) is 2.36. The molecule has 0 radical (unpaired) electrons. The third-order valence-corrected chi connectivity index (χ3v) is 4.43. The lowest BCUT2D eigenvalue weighted by molar-refractivity contribution is 0.328. The molecule has 1 aromatic heterocycles. The number of rotatable bonds is 6. The molecule has 0 amide bonds. The Morgan fingerprint density at radius 2 is 2.11 bits per heavy atom. The van der Waals surface area contributed by atoms with Crippen molar-refractivity contribution in [2.24, 2.45) is 5.92 Å². The molecule has 0 fully saturated rings. The van der Waals surface area contributed by atoms with E-state index in [1.807, 2.05) is 10.6 Å². The second-order valence-corrected chi connectivity index (χ2v) is 5.66. The van der Waals surface area contributed by atoms with Crippen LogP contribution in [-0.4, -0.2) is 17.2 Å². The highest BCUT2D eigenvalue weighted by Crippen LogP contribution is 2.21. The predicted molar refractivity (Wildman–Crippen MR) is 79.6 cm³/mol. The maximum Gasteiger partial charge on any atom is 0.250 e. The van der Waals surface area contributed by atoms with Crippen molar-refractivity contribution in [3.8, 4) is 0 Å². The SMILES string of the molecule is CCNC(Cn1c2c(ccc1=O)CCC2)C(C)CC. The van der Waals surface area contributed by atoms with Gasteiger partial charge in [-0.3, -0.25) is 4.79 Å². The summed E-state index contributed by atoms with van der Waals surface area (Å²) < 4.78 is 2.02. The van der Waals surface area contributed by atoms with Crippen LogP contribution in [0.4, 0.5) is 0 Å². The first-order chi connectivity index (χ1) is 9.17. The summed E-state index contributed by atoms with van der Waals surface area (Å²) in [4.78, 5) is 12.2. The van der Waals surface area contributed by atoms with Gasteiger partial charge in [-0.05, 0) is 37.3 Å². The smallest absolute Gasteiger partial charge is 0.250 e. The molecule has 0 aromatic carbocycles. The first-order valence-corrected chi connectivity index (χ1v) is 7.62. The van der Waals surface area contributed by atoms with E-state index in [1.165, 1.54) is 17.7 Å². The molecule has 3 heteroatoms. The summed E-state index contributed by atoms with van der Waals surface area (Å²) in [6.07, 6.45) is 4.52. The Balaban J connectivity index is 2.26. The Bertz CT molecular complexity index is 478. The maximum absolute atomic E-state index is 12.2. The van der Waals surface area contributed by atoms with E-state index in [-0.39, 0.29) is 5.56 Å². The quantitative estimate of drug-likeness (QED) is 0.854. The van der Waals surface area contributed by atoms with E-state index < -0.39 is 0 Å². The van der Waals surface area contributed by atoms with Gasteiger partial charge in [-0.1, -0.05) is 33.3 Å². The number of aryl methyl sites for hydroxylation is 1. The van der Waals surface area contributed by atoms with Gasteiger partial charge in [-0.2, -0.15) is 0 Å². The summed E-state index contributed by atoms with van der Waals surface area (Å²) in [5.74, 6) is 0.587. The summed E-state index contributed by atoms with van der Waals surface area (Å²) in [5.41, 5.74) is 2.81. The Morgan fingerprint density at radius 1 is 1.32 bits per heavy atom. The van der Waals surface area contributed by atoms with Crippen molar-refractivity contribution in [3.63, 3.8) is 0 Å². The lowest BCUT2D eigenvalue weighted by Gasteiger charge is -2.26. The lowest BCUT2D eigenvalue weighted by atomic mass is 9.98. The summed E-state index contributed by atoms with van der Waals surface area (Å²) in [5, 5.41) is 3.54. The van der Waals surface area contributed by atoms with Crippen LogP contribution < -0.4 is 10.9 Å². The van der Waals surface area contributed by atoms with Gasteiger partial charge < -0.3 is 9.88 Å². The molecule has 1 aromatic rings. The van der Waals surface area contributed by atoms with Gasteiger partial charge in [0.1, 0.15) is 0 Å². The molecule has 0 aliphatic heterocycles. The molecule has 0 bridgehead atoms. The Hall–Kier alpha value is -1.09. The Morgan fingerprint density at radius 3 is 2.79 bits per heavy atom. The normalized spacial score (nSPS) is 17.2. The highest BCUT2D eigenvalue weighted by molar-refractivity contribution is 5.25. The van der Waals surface area contributed by atoms with E-state index in [1.54, 1.807) is 6.07 Å². The lowest BCUT2D eigenvalue weighted by Crippen LogP contribution is -2.41. The summed E-state index contributed by atoms with van der Waals surface area (Å²) in [6, 6.07) is 4.15. The Labute approximate surface area is 116 Å². The standard InChI is InChI=1S/C16H26N2O/c1-4-12(3)14(17-5-2)11-18-15-8-6-7-13(15)9-10-16(18)19/h9-10,12,14,17H,4-8,11H2,1-3H3. The molecule has 1 aliphatic carbocycles. The van der Waals surface area contributed by atoms with E-state index in [4.69, 9.17) is 0 Å². The van der Waals surface area contributed by atoms with E-state index in [9.17, 15) is 4.79 Å². The van der Waals surface area contributed by atoms with Gasteiger partial charge in [-0.15, -0.1) is 0 Å². The summed E-state index contributed by atoms with van der Waals surface area (Å²) in [6.45, 7) is 8.38. The molecule has 1 aliphatic rings. The highest BCUT2D eigenvalue weighted by atomic mass is 16.1. The van der Waals surface area contributed by atoms with Crippen LogP contribution in [-0.2, 0) is 19.4 Å². The minimum absolute atomic E-state index is 0.159. The first kappa shape index (κ1) is 14.3. The Kier molecular flexibility index (Phi) is 4.81. The number of likely N-dealkylation sites (N-methyl/N-ethyl adjacent to an activating group) is 1. The molecule has 19 heavy (non-hydrogen) atoms. The zero-order valence-electron chi connectivity index (χ0n) is 12.4. The van der Waals surface area contributed by atoms with Crippen molar-refractivity contribution in [2.45, 2.75) is 59.0 Å². The van der Waals surface area contributed by atoms with Gasteiger partial charge in [0.2, 0.25) is 0 Å². The fraction of sp³-hybridized carbons (Fsp3) is 0.688. The molecular formula is C16H26N2O. The molecular weight excluding hydrogens is 236 g/mol. The van der Waals surface area contributed by atoms with E-state index >= 15 is 0 Å². The van der Waals surface area contributed by atoms with Crippen LogP contribution in [0.1, 0.15) is 44.9 Å². The fourth-order valence-corrected chi connectivity index (χ4v) is 3.02. The van der Waals surface area contributed by atoms with Gasteiger partial charge in [-0.25, -0.2) is 0 Å². The minimum atomic E-state index is 0.159. The molecule has 3 nitrogen and oxygen atoms in total. The fourth-order valence-electron chi connectivity index (χ4n) is 3.02. The van der Waals surface area contributed by atoms with Crippen LogP contribution >= 0.6 is 0 Å². The molecule has 0 saturated carbocycles. The number of pyridine rings is 1. The number of aromatic nitrogens is 1. The number of nitrogens with one attached hydrogen (secondary N) is 1. The van der Waals surface area contributed by atoms with Crippen molar-refractivity contribution in [3.05, 3.63) is 33.7 Å². The molecule has 2 atom stereocenters. The monoisotopic (exact) mass is 262 g/mol. The van der Waals surface area contributed by atoms with Crippen molar-refractivity contribution < 1.29 is 0 Å². The minimum Gasteiger partial charge on any atom is -0.312 e. The molecule has 1 N–H and O–H groups in total. The molecule has 2 rings (SSSR count). The van der Waals surface area contributed by atoms with Crippen LogP contribution in [0.5, 0.6) is 0 Å². The molecule has 1 heterocycles. The van der Waals surface area contributed by atoms with Crippen molar-refractivity contribution in [1.82, 2.24) is 9.88 Å². The number of hydrogen-bond acceptors (Lipinski definition) is 2. The van der Waals surface area contributed by atoms with Gasteiger partial charge in [0.05, 0.1) is 0 Å². The third-order valence-electron chi connectivity index (χ3n) is 4.43. The van der Waals surface area contributed by atoms with Crippen molar-refractivity contribution >= 4 is 0 Å². The number of nitrogens with zero attached hydrogens (tertiary/aromatic N) is 1. The maximum atomic E-state index is 12.2. The summed E-state index contributed by atoms with van der Waals surface area (Å²) >= 11 is 0. The van der Waals surface area contributed by atoms with Crippen LogP contribution in [0.3, 0.4) is 0 Å². The molecule has 2 unspecified atom stereocenters. The van der Waals surface area contributed by atoms with Crippen molar-refractivity contribution in [1.29, 1.82) is 0 Å². The average Bonchev–Trinajstić information content (AvgIpc) is 2.88. The zero-order valence-corrected chi connectivity index (χ0v) is 12.4. The third kappa shape index (κ3) is 3.08. The van der Waals surface area contributed by atoms with Gasteiger partial charge in [0.15, 0.2) is 0 Å². The van der Waals surface area contributed by atoms with Gasteiger partial charge >= 0.3 is 0 Å². The molecule has 0 saturated heterocycles. The molecule has 0 spiro atoms. The van der Waals surface area contributed by atoms with E-state index in [0.29, 0.717) is 12.0 Å². The zero-order chi connectivity index (χ0) is 13.8. The summed E-state index contributed by atoms with van der Waals surface area (Å²) in [7, 11) is 0. The topological polar surface area (TPSA) is 34.0 Å². The largest absolute Gasteiger partial charge is 0.312 e. The highest BCUT2D eigenvalue weighted by Gasteiger charge is 2.20. The second-order valence-electron chi connectivity index (χ2n) is 5.66.